The van der Waals surface area contributed by atoms with Gasteiger partial charge in [-0.25, -0.2) is 9.37 Å². The molecule has 232 valence electrons. The Hall–Kier alpha value is -5.12. The van der Waals surface area contributed by atoms with Crippen molar-refractivity contribution in [3.05, 3.63) is 102 Å². The lowest BCUT2D eigenvalue weighted by atomic mass is 9.88. The molecule has 2 aliphatic rings. The van der Waals surface area contributed by atoms with Crippen molar-refractivity contribution < 1.29 is 23.5 Å². The molecule has 3 heterocycles. The number of Topliss-reactive ketones (excluding diaryl/α,β-unsaturated/α-hetero) is 1. The Balaban J connectivity index is 1.11. The lowest BCUT2D eigenvalue weighted by Crippen LogP contribution is -2.40. The summed E-state index contributed by atoms with van der Waals surface area (Å²) >= 11 is 0. The molecule has 2 aromatic carbocycles. The highest BCUT2D eigenvalue weighted by Gasteiger charge is 2.29. The Morgan fingerprint density at radius 1 is 0.956 bits per heavy atom. The van der Waals surface area contributed by atoms with E-state index in [0.29, 0.717) is 48.5 Å². The number of anilines is 2. The minimum atomic E-state index is -0.385. The first-order valence-electron chi connectivity index (χ1n) is 15.1. The highest BCUT2D eigenvalue weighted by molar-refractivity contribution is 6.03. The van der Waals surface area contributed by atoms with Crippen molar-refractivity contribution in [3.63, 3.8) is 0 Å². The number of hydrogen-bond acceptors (Lipinski definition) is 7. The fourth-order valence-corrected chi connectivity index (χ4v) is 5.39. The number of pyridine rings is 1. The maximum atomic E-state index is 13.2. The molecule has 2 aliphatic heterocycles. The number of nitrogens with zero attached hydrogens (tertiary/aromatic N) is 4. The molecule has 1 aromatic heterocycles. The molecule has 5 rings (SSSR count). The highest BCUT2D eigenvalue weighted by atomic mass is 19.1. The van der Waals surface area contributed by atoms with Gasteiger partial charge >= 0.3 is 0 Å². The average Bonchev–Trinajstić information content (AvgIpc) is 3.62. The monoisotopic (exact) mass is 609 g/mol. The van der Waals surface area contributed by atoms with Crippen molar-refractivity contribution in [1.82, 2.24) is 9.88 Å². The summed E-state index contributed by atoms with van der Waals surface area (Å²) in [4.78, 5) is 51.1. The van der Waals surface area contributed by atoms with Crippen LogP contribution in [0.2, 0.25) is 0 Å². The van der Waals surface area contributed by atoms with E-state index in [1.165, 1.54) is 55.5 Å². The molecule has 0 saturated carbocycles. The lowest BCUT2D eigenvalue weighted by Gasteiger charge is -2.31. The number of aliphatic imine (C=N–C) groups is 1. The predicted octanol–water partition coefficient (Wildman–Crippen LogP) is 6.20. The Kier molecular flexibility index (Phi) is 10.1. The summed E-state index contributed by atoms with van der Waals surface area (Å²) in [7, 11) is 0. The molecule has 0 bridgehead atoms. The lowest BCUT2D eigenvalue weighted by molar-refractivity contribution is -0.128. The van der Waals surface area contributed by atoms with Crippen LogP contribution < -0.4 is 15.0 Å². The molecule has 0 unspecified atom stereocenters. The first-order valence-corrected chi connectivity index (χ1v) is 15.1. The number of aromatic nitrogens is 1. The van der Waals surface area contributed by atoms with E-state index in [-0.39, 0.29) is 40.9 Å². The summed E-state index contributed by atoms with van der Waals surface area (Å²) in [5, 5.41) is 2.74. The molecule has 0 radical (unpaired) electrons. The van der Waals surface area contributed by atoms with Gasteiger partial charge in [-0.1, -0.05) is 6.08 Å². The first kappa shape index (κ1) is 31.3. The van der Waals surface area contributed by atoms with Crippen molar-refractivity contribution in [2.45, 2.75) is 32.6 Å². The van der Waals surface area contributed by atoms with E-state index in [4.69, 9.17) is 4.74 Å². The molecule has 0 atom stereocenters. The van der Waals surface area contributed by atoms with Crippen molar-refractivity contribution in [2.75, 3.05) is 36.4 Å². The van der Waals surface area contributed by atoms with Crippen molar-refractivity contribution in [2.24, 2.45) is 10.9 Å². The van der Waals surface area contributed by atoms with Gasteiger partial charge in [-0.15, -0.1) is 0 Å². The second-order valence-electron chi connectivity index (χ2n) is 11.1. The quantitative estimate of drug-likeness (QED) is 0.127. The summed E-state index contributed by atoms with van der Waals surface area (Å²) in [6, 6.07) is 16.6. The molecule has 45 heavy (non-hydrogen) atoms. The van der Waals surface area contributed by atoms with Crippen LogP contribution in [0.5, 0.6) is 11.6 Å². The van der Waals surface area contributed by atoms with Crippen molar-refractivity contribution in [3.8, 4) is 11.6 Å². The number of likely N-dealkylation sites (tertiary alicyclic amines) is 1. The van der Waals surface area contributed by atoms with E-state index in [1.807, 2.05) is 24.3 Å². The van der Waals surface area contributed by atoms with Crippen LogP contribution in [0.15, 0.2) is 95.3 Å². The molecule has 2 fully saturated rings. The zero-order valence-corrected chi connectivity index (χ0v) is 25.2. The number of halogens is 1. The molecular weight excluding hydrogens is 573 g/mol. The smallest absolute Gasteiger partial charge is 0.272 e. The van der Waals surface area contributed by atoms with Gasteiger partial charge in [-0.05, 0) is 100.0 Å². The highest BCUT2D eigenvalue weighted by Crippen LogP contribution is 2.26. The molecular formula is C35H36FN5O4. The number of benzene rings is 2. The summed E-state index contributed by atoms with van der Waals surface area (Å²) < 4.78 is 18.6. The minimum absolute atomic E-state index is 0.113. The van der Waals surface area contributed by atoms with Gasteiger partial charge < -0.3 is 19.9 Å². The number of ketones is 1. The number of allylic oxidation sites excluding steroid dienone is 2. The van der Waals surface area contributed by atoms with Crippen LogP contribution in [0, 0.1) is 11.7 Å². The molecule has 9 nitrogen and oxygen atoms in total. The van der Waals surface area contributed by atoms with Crippen LogP contribution in [0.3, 0.4) is 0 Å². The zero-order chi connectivity index (χ0) is 31.8. The van der Waals surface area contributed by atoms with E-state index in [0.717, 1.165) is 18.8 Å². The van der Waals surface area contributed by atoms with Crippen LogP contribution in [-0.4, -0.2) is 60.4 Å². The van der Waals surface area contributed by atoms with E-state index >= 15 is 0 Å². The summed E-state index contributed by atoms with van der Waals surface area (Å²) in [5.41, 5.74) is 2.77. The third-order valence-electron chi connectivity index (χ3n) is 8.05. The minimum Gasteiger partial charge on any atom is -0.439 e. The number of hydrogen-bond donors (Lipinski definition) is 1. The number of carbonyl (C=O) groups is 3. The normalized spacial score (nSPS) is 16.0. The number of amides is 2. The summed E-state index contributed by atoms with van der Waals surface area (Å²) in [5.74, 6) is -0.351. The van der Waals surface area contributed by atoms with E-state index in [1.54, 1.807) is 24.0 Å². The second-order valence-corrected chi connectivity index (χ2v) is 11.1. The zero-order valence-electron chi connectivity index (χ0n) is 25.2. The third-order valence-corrected chi connectivity index (χ3v) is 8.05. The number of piperidine rings is 1. The van der Waals surface area contributed by atoms with Gasteiger partial charge in [0.05, 0.1) is 11.9 Å². The molecule has 0 aliphatic carbocycles. The first-order chi connectivity index (χ1) is 21.8. The van der Waals surface area contributed by atoms with Gasteiger partial charge in [-0.3, -0.25) is 19.4 Å². The largest absolute Gasteiger partial charge is 0.439 e. The van der Waals surface area contributed by atoms with Gasteiger partial charge in [0.15, 0.2) is 5.78 Å². The van der Waals surface area contributed by atoms with Crippen LogP contribution in [0.25, 0.3) is 0 Å². The number of nitrogens with one attached hydrogen (secondary N) is 1. The predicted molar refractivity (Wildman–Crippen MR) is 172 cm³/mol. The van der Waals surface area contributed by atoms with Gasteiger partial charge in [0.1, 0.15) is 17.3 Å². The Bertz CT molecular complexity index is 1590. The van der Waals surface area contributed by atoms with Gasteiger partial charge in [-0.2, -0.15) is 0 Å². The molecule has 10 heteroatoms. The van der Waals surface area contributed by atoms with Crippen LogP contribution in [0.4, 0.5) is 15.8 Å². The fourth-order valence-electron chi connectivity index (χ4n) is 5.39. The second kappa shape index (κ2) is 14.6. The summed E-state index contributed by atoms with van der Waals surface area (Å²) in [6.45, 7) is 8.14. The average molecular weight is 610 g/mol. The molecule has 3 aromatic rings. The van der Waals surface area contributed by atoms with Gasteiger partial charge in [0.25, 0.3) is 11.8 Å². The number of carbonyl (C=O) groups excluding carboxylic acids is 3. The van der Waals surface area contributed by atoms with E-state index in [2.05, 4.69) is 26.9 Å². The summed E-state index contributed by atoms with van der Waals surface area (Å²) in [6.07, 6.45) is 7.98. The van der Waals surface area contributed by atoms with E-state index < -0.39 is 0 Å². The van der Waals surface area contributed by atoms with Crippen molar-refractivity contribution >= 4 is 35.7 Å². The van der Waals surface area contributed by atoms with E-state index in [9.17, 15) is 18.8 Å². The van der Waals surface area contributed by atoms with Crippen molar-refractivity contribution in [1.29, 1.82) is 0 Å². The maximum Gasteiger partial charge on any atom is 0.272 e. The molecule has 2 saturated heterocycles. The number of ether oxygens (including phenoxy) is 1. The molecule has 1 N–H and O–H groups in total. The number of rotatable bonds is 10. The standard InChI is InChI=1S/C35H36FN5O4/c1-24(34(43)39-28-10-16-32(38-23-28)45-30-13-8-27(36)9-14-30)5-15-31(37-2)35(44)41-21-17-26(18-22-41)33(42)25-6-11-29(12-7-25)40-19-3-4-20-40/h5-16,23,26H,2-4,17-22H2,1H3,(H,39,43)/b24-5+,31-15-. The van der Waals surface area contributed by atoms with Crippen LogP contribution in [-0.2, 0) is 9.59 Å². The van der Waals surface area contributed by atoms with Crippen LogP contribution >= 0.6 is 0 Å². The molecule has 0 spiro atoms. The Morgan fingerprint density at radius 3 is 2.27 bits per heavy atom. The maximum absolute atomic E-state index is 13.2. The van der Waals surface area contributed by atoms with Gasteiger partial charge in [0, 0.05) is 55.0 Å². The topological polar surface area (TPSA) is 104 Å². The molecule has 2 amide bonds. The SMILES string of the molecule is C=N/C(=C\C=C(/C)C(=O)Nc1ccc(Oc2ccc(F)cc2)nc1)C(=O)N1CCC(C(=O)c2ccc(N3CCCC3)cc2)CC1. The van der Waals surface area contributed by atoms with Crippen LogP contribution in [0.1, 0.15) is 43.0 Å². The van der Waals surface area contributed by atoms with Gasteiger partial charge in [0.2, 0.25) is 5.88 Å². The fraction of sp³-hybridized carbons (Fsp3) is 0.286. The Morgan fingerprint density at radius 2 is 1.64 bits per heavy atom. The third kappa shape index (κ3) is 8.08. The Labute approximate surface area is 262 Å².